The third-order valence-electron chi connectivity index (χ3n) is 7.15. The van der Waals surface area contributed by atoms with Gasteiger partial charge in [-0.3, -0.25) is 4.79 Å². The number of likely N-dealkylation sites (tertiary alicyclic amines) is 2. The molecule has 2 aromatic rings. The molecule has 1 spiro atoms. The normalized spacial score (nSPS) is 24.1. The van der Waals surface area contributed by atoms with Gasteiger partial charge in [0.05, 0.1) is 22.8 Å². The summed E-state index contributed by atoms with van der Waals surface area (Å²) in [5, 5.41) is 21.7. The minimum Gasteiger partial charge on any atom is -0.456 e. The summed E-state index contributed by atoms with van der Waals surface area (Å²) in [4.78, 5) is 33.6. The van der Waals surface area contributed by atoms with E-state index >= 15 is 0 Å². The van der Waals surface area contributed by atoms with Gasteiger partial charge in [0.2, 0.25) is 5.91 Å². The highest BCUT2D eigenvalue weighted by atomic mass is 16.5. The second kappa shape index (κ2) is 8.31. The zero-order valence-electron chi connectivity index (χ0n) is 18.7. The van der Waals surface area contributed by atoms with Crippen molar-refractivity contribution in [1.29, 1.82) is 0 Å². The maximum atomic E-state index is 13.4. The molecule has 0 radical (unpaired) electrons. The molecule has 0 bridgehead atoms. The number of nitrogens with zero attached hydrogens (tertiary/aromatic N) is 7. The molecule has 0 aliphatic carbocycles. The van der Waals surface area contributed by atoms with Crippen molar-refractivity contribution in [3.05, 3.63) is 41.5 Å². The van der Waals surface area contributed by atoms with Gasteiger partial charge in [0.15, 0.2) is 5.82 Å². The highest BCUT2D eigenvalue weighted by Crippen LogP contribution is 2.46. The molecule has 11 nitrogen and oxygen atoms in total. The Balaban J connectivity index is 1.20. The fourth-order valence-corrected chi connectivity index (χ4v) is 5.23. The third kappa shape index (κ3) is 3.80. The number of amides is 1. The quantitative estimate of drug-likeness (QED) is 0.648. The molecule has 1 N–H and O–H groups in total. The Labute approximate surface area is 191 Å². The Morgan fingerprint density at radius 2 is 2.06 bits per heavy atom. The van der Waals surface area contributed by atoms with Gasteiger partial charge in [0, 0.05) is 24.3 Å². The first-order valence-corrected chi connectivity index (χ1v) is 11.2. The topological polar surface area (TPSA) is 127 Å². The summed E-state index contributed by atoms with van der Waals surface area (Å²) in [5.74, 6) is 0.342. The molecule has 5 rings (SSSR count). The molecule has 1 amide bonds. The van der Waals surface area contributed by atoms with Crippen LogP contribution in [0.15, 0.2) is 35.9 Å². The van der Waals surface area contributed by atoms with Crippen molar-refractivity contribution < 1.29 is 19.4 Å². The number of ether oxygens (including phenoxy) is 1. The first-order valence-electron chi connectivity index (χ1n) is 11.2. The van der Waals surface area contributed by atoms with E-state index in [1.807, 2.05) is 13.0 Å². The Morgan fingerprint density at radius 3 is 2.67 bits per heavy atom. The number of cyclic esters (lactones) is 1. The minimum atomic E-state index is -0.682. The third-order valence-corrected chi connectivity index (χ3v) is 7.15. The predicted octanol–water partition coefficient (Wildman–Crippen LogP) is 0.624. The van der Waals surface area contributed by atoms with Gasteiger partial charge in [-0.05, 0) is 62.7 Å². The molecule has 33 heavy (non-hydrogen) atoms. The number of hydrogen-bond acceptors (Lipinski definition) is 9. The van der Waals surface area contributed by atoms with Crippen LogP contribution in [0, 0.1) is 5.41 Å². The van der Waals surface area contributed by atoms with Gasteiger partial charge in [0.25, 0.3) is 0 Å². The molecule has 2 aromatic heterocycles. The number of pyridine rings is 1. The van der Waals surface area contributed by atoms with E-state index in [1.54, 1.807) is 24.1 Å². The standard InChI is InChI=1S/C22H27N7O4/c1-14-9-22(21(32)29(14)17-12-33-20(31)15(17)2)5-7-27(8-6-22)11-18(30)16-3-4-19(23-10-16)28-13-24-25-26-28/h3-4,10,13-14,18,30H,5-9,11-12H2,1-2H3. The molecule has 2 unspecified atom stereocenters. The molecule has 0 aromatic carbocycles. The van der Waals surface area contributed by atoms with E-state index in [-0.39, 0.29) is 24.5 Å². The van der Waals surface area contributed by atoms with Crippen LogP contribution in [-0.4, -0.2) is 84.3 Å². The molecule has 3 aliphatic heterocycles. The van der Waals surface area contributed by atoms with Crippen LogP contribution in [0.3, 0.4) is 0 Å². The smallest absolute Gasteiger partial charge is 0.336 e. The van der Waals surface area contributed by atoms with Crippen LogP contribution < -0.4 is 0 Å². The van der Waals surface area contributed by atoms with Crippen LogP contribution in [-0.2, 0) is 14.3 Å². The SMILES string of the molecule is CC1=C(N2C(=O)C3(CCN(CC(O)c4ccc(-n5cnnn5)nc4)CC3)CC2C)COC1=O. The summed E-state index contributed by atoms with van der Waals surface area (Å²) in [5.41, 5.74) is 1.56. The second-order valence-electron chi connectivity index (χ2n) is 9.18. The fraction of sp³-hybridized carbons (Fsp3) is 0.545. The van der Waals surface area contributed by atoms with Gasteiger partial charge in [0.1, 0.15) is 12.9 Å². The summed E-state index contributed by atoms with van der Waals surface area (Å²) in [6.07, 6.45) is 4.65. The lowest BCUT2D eigenvalue weighted by Gasteiger charge is -2.38. The maximum absolute atomic E-state index is 13.4. The van der Waals surface area contributed by atoms with Crippen molar-refractivity contribution in [2.75, 3.05) is 26.2 Å². The lowest BCUT2D eigenvalue weighted by atomic mass is 9.76. The van der Waals surface area contributed by atoms with Gasteiger partial charge < -0.3 is 19.6 Å². The summed E-state index contributed by atoms with van der Waals surface area (Å²) >= 11 is 0. The highest BCUT2D eigenvalue weighted by Gasteiger charge is 2.53. The number of carbonyl (C=O) groups excluding carboxylic acids is 2. The van der Waals surface area contributed by atoms with E-state index in [4.69, 9.17) is 4.74 Å². The molecule has 2 atom stereocenters. The number of tetrazole rings is 1. The Morgan fingerprint density at radius 1 is 1.27 bits per heavy atom. The Bertz CT molecular complexity index is 1070. The number of esters is 1. The van der Waals surface area contributed by atoms with Crippen molar-refractivity contribution in [3.63, 3.8) is 0 Å². The van der Waals surface area contributed by atoms with Crippen LogP contribution in [0.4, 0.5) is 0 Å². The van der Waals surface area contributed by atoms with Crippen molar-refractivity contribution in [2.45, 2.75) is 45.3 Å². The molecular formula is C22H27N7O4. The van der Waals surface area contributed by atoms with Crippen LogP contribution in [0.2, 0.25) is 0 Å². The van der Waals surface area contributed by atoms with E-state index in [1.165, 1.54) is 11.0 Å². The fourth-order valence-electron chi connectivity index (χ4n) is 5.23. The van der Waals surface area contributed by atoms with Crippen LogP contribution in [0.1, 0.15) is 44.8 Å². The van der Waals surface area contributed by atoms with Gasteiger partial charge >= 0.3 is 5.97 Å². The highest BCUT2D eigenvalue weighted by molar-refractivity contribution is 5.94. The number of rotatable bonds is 5. The number of hydrogen-bond donors (Lipinski definition) is 1. The zero-order valence-corrected chi connectivity index (χ0v) is 18.7. The maximum Gasteiger partial charge on any atom is 0.336 e. The molecule has 0 saturated carbocycles. The Hall–Kier alpha value is -3.18. The number of aromatic nitrogens is 5. The number of piperidine rings is 1. The molecule has 3 aliphatic rings. The summed E-state index contributed by atoms with van der Waals surface area (Å²) in [7, 11) is 0. The average Bonchev–Trinajstić information content (AvgIpc) is 3.52. The van der Waals surface area contributed by atoms with Gasteiger partial charge in [-0.2, -0.15) is 4.68 Å². The number of β-amino-alcohol motifs (C(OH)–C–C–N with tert-alkyl or cyclic N) is 1. The molecular weight excluding hydrogens is 426 g/mol. The molecule has 2 fully saturated rings. The minimum absolute atomic E-state index is 0.0406. The van der Waals surface area contributed by atoms with Crippen molar-refractivity contribution in [3.8, 4) is 5.82 Å². The molecule has 5 heterocycles. The molecule has 2 saturated heterocycles. The van der Waals surface area contributed by atoms with Crippen molar-refractivity contribution >= 4 is 11.9 Å². The predicted molar refractivity (Wildman–Crippen MR) is 115 cm³/mol. The first kappa shape index (κ1) is 21.7. The lowest BCUT2D eigenvalue weighted by Crippen LogP contribution is -2.45. The summed E-state index contributed by atoms with van der Waals surface area (Å²) < 4.78 is 6.59. The first-order chi connectivity index (χ1) is 15.9. The second-order valence-corrected chi connectivity index (χ2v) is 9.18. The Kier molecular flexibility index (Phi) is 5.45. The van der Waals surface area contributed by atoms with Crippen molar-refractivity contribution in [1.82, 2.24) is 35.0 Å². The largest absolute Gasteiger partial charge is 0.456 e. The van der Waals surface area contributed by atoms with E-state index < -0.39 is 11.5 Å². The summed E-state index contributed by atoms with van der Waals surface area (Å²) in [6, 6.07) is 3.63. The van der Waals surface area contributed by atoms with E-state index in [0.29, 0.717) is 23.6 Å². The number of carbonyl (C=O) groups is 2. The van der Waals surface area contributed by atoms with Crippen molar-refractivity contribution in [2.24, 2.45) is 5.41 Å². The van der Waals surface area contributed by atoms with E-state index in [9.17, 15) is 14.7 Å². The molecule has 11 heteroatoms. The monoisotopic (exact) mass is 453 g/mol. The zero-order chi connectivity index (χ0) is 23.2. The van der Waals surface area contributed by atoms with E-state index in [0.717, 1.165) is 37.9 Å². The number of aliphatic hydroxyl groups excluding tert-OH is 1. The molecule has 174 valence electrons. The average molecular weight is 454 g/mol. The van der Waals surface area contributed by atoms with Gasteiger partial charge in [-0.15, -0.1) is 5.10 Å². The summed E-state index contributed by atoms with van der Waals surface area (Å²) in [6.45, 7) is 5.87. The van der Waals surface area contributed by atoms with E-state index in [2.05, 4.69) is 25.4 Å². The number of aliphatic hydroxyl groups is 1. The van der Waals surface area contributed by atoms with Crippen LogP contribution >= 0.6 is 0 Å². The van der Waals surface area contributed by atoms with Gasteiger partial charge in [-0.1, -0.05) is 6.07 Å². The van der Waals surface area contributed by atoms with Gasteiger partial charge in [-0.25, -0.2) is 9.78 Å². The lowest BCUT2D eigenvalue weighted by molar-refractivity contribution is -0.139. The van der Waals surface area contributed by atoms with Crippen LogP contribution in [0.25, 0.3) is 5.82 Å². The van der Waals surface area contributed by atoms with Crippen LogP contribution in [0.5, 0.6) is 0 Å².